The van der Waals surface area contributed by atoms with Crippen molar-refractivity contribution in [3.8, 4) is 16.9 Å². The monoisotopic (exact) mass is 347 g/mol. The SMILES string of the molecule is COc1cncc(-c2cccc(C3(C)N=C(N)Cn4nc(C)cc43)c2)c1. The van der Waals surface area contributed by atoms with Crippen LogP contribution in [0.15, 0.2) is 53.8 Å². The summed E-state index contributed by atoms with van der Waals surface area (Å²) < 4.78 is 7.24. The molecule has 26 heavy (non-hydrogen) atoms. The Balaban J connectivity index is 1.84. The molecule has 0 radical (unpaired) electrons. The van der Waals surface area contributed by atoms with Crippen molar-refractivity contribution in [3.63, 3.8) is 0 Å². The number of amidine groups is 1. The van der Waals surface area contributed by atoms with E-state index in [-0.39, 0.29) is 0 Å². The highest BCUT2D eigenvalue weighted by Crippen LogP contribution is 2.37. The molecule has 1 aliphatic rings. The van der Waals surface area contributed by atoms with E-state index in [0.717, 1.165) is 33.8 Å². The second-order valence-corrected chi connectivity index (χ2v) is 6.70. The van der Waals surface area contributed by atoms with Gasteiger partial charge in [0.05, 0.1) is 31.2 Å². The van der Waals surface area contributed by atoms with Gasteiger partial charge < -0.3 is 10.5 Å². The molecule has 3 aromatic rings. The Morgan fingerprint density at radius 1 is 1.15 bits per heavy atom. The molecule has 0 amide bonds. The Labute approximate surface area is 152 Å². The van der Waals surface area contributed by atoms with Gasteiger partial charge in [-0.3, -0.25) is 14.7 Å². The molecule has 6 nitrogen and oxygen atoms in total. The topological polar surface area (TPSA) is 78.3 Å². The predicted octanol–water partition coefficient (Wildman–Crippen LogP) is 2.90. The van der Waals surface area contributed by atoms with Gasteiger partial charge in [-0.05, 0) is 43.2 Å². The number of aryl methyl sites for hydroxylation is 1. The highest BCUT2D eigenvalue weighted by atomic mass is 16.5. The zero-order valence-electron chi connectivity index (χ0n) is 15.1. The van der Waals surface area contributed by atoms with Crippen molar-refractivity contribution in [2.75, 3.05) is 7.11 Å². The summed E-state index contributed by atoms with van der Waals surface area (Å²) >= 11 is 0. The Morgan fingerprint density at radius 2 is 2.00 bits per heavy atom. The van der Waals surface area contributed by atoms with E-state index >= 15 is 0 Å². The fraction of sp³-hybridized carbons (Fsp3) is 0.250. The predicted molar refractivity (Wildman–Crippen MR) is 101 cm³/mol. The largest absolute Gasteiger partial charge is 0.495 e. The van der Waals surface area contributed by atoms with Crippen LogP contribution in [0.25, 0.3) is 11.1 Å². The molecule has 1 unspecified atom stereocenters. The molecule has 0 spiro atoms. The molecule has 1 atom stereocenters. The Morgan fingerprint density at radius 3 is 2.81 bits per heavy atom. The van der Waals surface area contributed by atoms with Crippen LogP contribution in [0.5, 0.6) is 5.75 Å². The van der Waals surface area contributed by atoms with Gasteiger partial charge >= 0.3 is 0 Å². The lowest BCUT2D eigenvalue weighted by Gasteiger charge is -2.31. The number of nitrogens with two attached hydrogens (primary N) is 1. The number of hydrogen-bond donors (Lipinski definition) is 1. The third-order valence-electron chi connectivity index (χ3n) is 4.79. The van der Waals surface area contributed by atoms with Gasteiger partial charge in [0.25, 0.3) is 0 Å². The van der Waals surface area contributed by atoms with E-state index in [2.05, 4.69) is 41.3 Å². The van der Waals surface area contributed by atoms with Crippen LogP contribution in [0.1, 0.15) is 23.9 Å². The molecule has 6 heteroatoms. The highest BCUT2D eigenvalue weighted by molar-refractivity contribution is 5.82. The van der Waals surface area contributed by atoms with Crippen molar-refractivity contribution in [1.82, 2.24) is 14.8 Å². The molecule has 2 aromatic heterocycles. The van der Waals surface area contributed by atoms with Gasteiger partial charge in [0, 0.05) is 11.8 Å². The number of ether oxygens (including phenoxy) is 1. The quantitative estimate of drug-likeness (QED) is 0.790. The first-order valence-corrected chi connectivity index (χ1v) is 8.49. The Hall–Kier alpha value is -3.15. The van der Waals surface area contributed by atoms with E-state index < -0.39 is 5.54 Å². The third kappa shape index (κ3) is 2.63. The smallest absolute Gasteiger partial charge is 0.137 e. The van der Waals surface area contributed by atoms with E-state index in [9.17, 15) is 0 Å². The molecule has 0 saturated heterocycles. The summed E-state index contributed by atoms with van der Waals surface area (Å²) in [5.74, 6) is 1.31. The van der Waals surface area contributed by atoms with Crippen molar-refractivity contribution >= 4 is 5.84 Å². The molecular weight excluding hydrogens is 326 g/mol. The van der Waals surface area contributed by atoms with Gasteiger partial charge in [0.2, 0.25) is 0 Å². The summed E-state index contributed by atoms with van der Waals surface area (Å²) in [5, 5.41) is 4.56. The average Bonchev–Trinajstić information content (AvgIpc) is 3.03. The number of benzene rings is 1. The molecular formula is C20H21N5O. The standard InChI is InChI=1S/C20H21N5O/c1-13-7-18-20(2,23-19(21)12-25(18)24-13)16-6-4-5-14(8-16)15-9-17(26-3)11-22-10-15/h4-11H,12H2,1-3H3,(H2,21,23). The second-order valence-electron chi connectivity index (χ2n) is 6.70. The van der Waals surface area contributed by atoms with Crippen LogP contribution >= 0.6 is 0 Å². The molecule has 0 saturated carbocycles. The summed E-state index contributed by atoms with van der Waals surface area (Å²) in [4.78, 5) is 9.06. The number of aromatic nitrogens is 3. The number of methoxy groups -OCH3 is 1. The fourth-order valence-corrected chi connectivity index (χ4v) is 3.49. The average molecular weight is 347 g/mol. The third-order valence-corrected chi connectivity index (χ3v) is 4.79. The minimum Gasteiger partial charge on any atom is -0.495 e. The molecule has 132 valence electrons. The number of fused-ring (bicyclic) bond motifs is 1. The second kappa shape index (κ2) is 5.98. The molecule has 0 aliphatic carbocycles. The minimum absolute atomic E-state index is 0.526. The van der Waals surface area contributed by atoms with E-state index in [1.807, 2.05) is 29.9 Å². The van der Waals surface area contributed by atoms with Crippen molar-refractivity contribution in [2.24, 2.45) is 10.7 Å². The van der Waals surface area contributed by atoms with Crippen LogP contribution in [0.4, 0.5) is 0 Å². The Bertz CT molecular complexity index is 1010. The van der Waals surface area contributed by atoms with Crippen molar-refractivity contribution in [1.29, 1.82) is 0 Å². The molecule has 2 N–H and O–H groups in total. The molecule has 4 rings (SSSR count). The maximum absolute atomic E-state index is 6.12. The van der Waals surface area contributed by atoms with E-state index in [1.165, 1.54) is 0 Å². The van der Waals surface area contributed by atoms with Crippen LogP contribution < -0.4 is 10.5 Å². The maximum atomic E-state index is 6.12. The van der Waals surface area contributed by atoms with Gasteiger partial charge in [-0.2, -0.15) is 5.10 Å². The molecule has 1 aromatic carbocycles. The van der Waals surface area contributed by atoms with Crippen LogP contribution in [-0.4, -0.2) is 27.7 Å². The molecule has 3 heterocycles. The van der Waals surface area contributed by atoms with Crippen LogP contribution in [0.2, 0.25) is 0 Å². The first-order chi connectivity index (χ1) is 12.5. The summed E-state index contributed by atoms with van der Waals surface area (Å²) in [6.07, 6.45) is 3.53. The van der Waals surface area contributed by atoms with Gasteiger partial charge in [0.15, 0.2) is 0 Å². The number of aliphatic imine (C=N–C) groups is 1. The number of rotatable bonds is 3. The summed E-state index contributed by atoms with van der Waals surface area (Å²) in [5.41, 5.74) is 10.7. The van der Waals surface area contributed by atoms with Gasteiger partial charge in [-0.15, -0.1) is 0 Å². The van der Waals surface area contributed by atoms with Crippen LogP contribution in [-0.2, 0) is 12.1 Å². The summed E-state index contributed by atoms with van der Waals surface area (Å²) in [6, 6.07) is 12.3. The number of hydrogen-bond acceptors (Lipinski definition) is 5. The van der Waals surface area contributed by atoms with Crippen LogP contribution in [0.3, 0.4) is 0 Å². The zero-order chi connectivity index (χ0) is 18.3. The minimum atomic E-state index is -0.577. The first-order valence-electron chi connectivity index (χ1n) is 8.49. The number of nitrogens with zero attached hydrogens (tertiary/aromatic N) is 4. The van der Waals surface area contributed by atoms with Gasteiger partial charge in [0.1, 0.15) is 17.1 Å². The Kier molecular flexibility index (Phi) is 3.76. The fourth-order valence-electron chi connectivity index (χ4n) is 3.49. The first kappa shape index (κ1) is 16.3. The highest BCUT2D eigenvalue weighted by Gasteiger charge is 2.36. The molecule has 0 fully saturated rings. The van der Waals surface area contributed by atoms with Crippen molar-refractivity contribution in [3.05, 3.63) is 65.7 Å². The van der Waals surface area contributed by atoms with Crippen molar-refractivity contribution < 1.29 is 4.74 Å². The van der Waals surface area contributed by atoms with Crippen molar-refractivity contribution in [2.45, 2.75) is 25.9 Å². The lowest BCUT2D eigenvalue weighted by Crippen LogP contribution is -2.36. The maximum Gasteiger partial charge on any atom is 0.137 e. The lowest BCUT2D eigenvalue weighted by atomic mass is 9.86. The molecule has 0 bridgehead atoms. The molecule has 1 aliphatic heterocycles. The summed E-state index contributed by atoms with van der Waals surface area (Å²) in [6.45, 7) is 4.59. The van der Waals surface area contributed by atoms with Gasteiger partial charge in [-0.25, -0.2) is 0 Å². The van der Waals surface area contributed by atoms with Crippen LogP contribution in [0, 0.1) is 6.92 Å². The normalized spacial score (nSPS) is 19.0. The number of pyridine rings is 1. The lowest BCUT2D eigenvalue weighted by molar-refractivity contribution is 0.413. The van der Waals surface area contributed by atoms with E-state index in [0.29, 0.717) is 12.4 Å². The summed E-state index contributed by atoms with van der Waals surface area (Å²) in [7, 11) is 1.64. The van der Waals surface area contributed by atoms with E-state index in [1.54, 1.807) is 13.3 Å². The van der Waals surface area contributed by atoms with E-state index in [4.69, 9.17) is 15.5 Å². The zero-order valence-corrected chi connectivity index (χ0v) is 15.1. The van der Waals surface area contributed by atoms with Gasteiger partial charge in [-0.1, -0.05) is 18.2 Å².